The molecule has 2 aromatic carbocycles. The van der Waals surface area contributed by atoms with Gasteiger partial charge in [0.1, 0.15) is 18.0 Å². The topological polar surface area (TPSA) is 53.1 Å². The first-order valence-electron chi connectivity index (χ1n) is 9.10. The molecule has 0 aliphatic heterocycles. The summed E-state index contributed by atoms with van der Waals surface area (Å²) in [5, 5.41) is 7.37. The molecule has 0 bridgehead atoms. The minimum atomic E-state index is 0.673. The van der Waals surface area contributed by atoms with Gasteiger partial charge in [0.05, 0.1) is 0 Å². The van der Waals surface area contributed by atoms with Crippen molar-refractivity contribution in [2.75, 3.05) is 28.6 Å². The van der Waals surface area contributed by atoms with E-state index in [9.17, 15) is 0 Å². The number of hydrogen-bond donors (Lipinski definition) is 2. The molecule has 1 aromatic heterocycles. The summed E-state index contributed by atoms with van der Waals surface area (Å²) in [7, 11) is 0. The van der Waals surface area contributed by atoms with Crippen LogP contribution in [0.25, 0.3) is 0 Å². The number of aromatic nitrogens is 2. The zero-order valence-electron chi connectivity index (χ0n) is 15.6. The third-order valence-electron chi connectivity index (χ3n) is 4.32. The number of rotatable bonds is 8. The molecule has 0 aliphatic carbocycles. The molecule has 0 amide bonds. The molecule has 0 unspecified atom stereocenters. The second kappa shape index (κ2) is 9.24. The van der Waals surface area contributed by atoms with Crippen LogP contribution in [-0.4, -0.2) is 23.1 Å². The van der Waals surface area contributed by atoms with Crippen molar-refractivity contribution >= 4 is 34.6 Å². The van der Waals surface area contributed by atoms with E-state index >= 15 is 0 Å². The van der Waals surface area contributed by atoms with Crippen LogP contribution in [0.15, 0.2) is 60.9 Å². The average Bonchev–Trinajstić information content (AvgIpc) is 2.70. The summed E-state index contributed by atoms with van der Waals surface area (Å²) >= 11 is 5.92. The van der Waals surface area contributed by atoms with Crippen LogP contribution in [0.4, 0.5) is 23.0 Å². The molecule has 0 spiro atoms. The van der Waals surface area contributed by atoms with Crippen molar-refractivity contribution in [1.29, 1.82) is 0 Å². The molecule has 6 heteroatoms. The molecule has 0 fully saturated rings. The van der Waals surface area contributed by atoms with Gasteiger partial charge < -0.3 is 15.5 Å². The van der Waals surface area contributed by atoms with Crippen LogP contribution < -0.4 is 15.5 Å². The summed E-state index contributed by atoms with van der Waals surface area (Å²) in [6, 6.07) is 18.0. The van der Waals surface area contributed by atoms with Crippen LogP contribution in [0.3, 0.4) is 0 Å². The van der Waals surface area contributed by atoms with E-state index in [4.69, 9.17) is 11.6 Å². The Balaban J connectivity index is 1.62. The SMILES string of the molecule is CCN(CC)c1ccc(Nc2cc(NCc3ccc(Cl)cc3)ncn2)cc1. The second-order valence-electron chi connectivity index (χ2n) is 6.11. The summed E-state index contributed by atoms with van der Waals surface area (Å²) < 4.78 is 0. The number of nitrogens with zero attached hydrogens (tertiary/aromatic N) is 3. The summed E-state index contributed by atoms with van der Waals surface area (Å²) in [6.45, 7) is 6.99. The first-order valence-corrected chi connectivity index (χ1v) is 9.48. The van der Waals surface area contributed by atoms with E-state index in [1.807, 2.05) is 30.3 Å². The van der Waals surface area contributed by atoms with Gasteiger partial charge in [-0.15, -0.1) is 0 Å². The van der Waals surface area contributed by atoms with Gasteiger partial charge in [0.25, 0.3) is 0 Å². The zero-order chi connectivity index (χ0) is 19.1. The summed E-state index contributed by atoms with van der Waals surface area (Å²) in [5.74, 6) is 1.52. The van der Waals surface area contributed by atoms with Crippen LogP contribution in [0, 0.1) is 0 Å². The summed E-state index contributed by atoms with van der Waals surface area (Å²) in [4.78, 5) is 10.9. The van der Waals surface area contributed by atoms with E-state index < -0.39 is 0 Å². The molecule has 0 aliphatic rings. The van der Waals surface area contributed by atoms with Gasteiger partial charge in [-0.05, 0) is 55.8 Å². The maximum absolute atomic E-state index is 5.92. The van der Waals surface area contributed by atoms with Gasteiger partial charge in [-0.2, -0.15) is 0 Å². The van der Waals surface area contributed by atoms with Crippen molar-refractivity contribution in [3.63, 3.8) is 0 Å². The predicted octanol–water partition coefficient (Wildman–Crippen LogP) is 5.33. The highest BCUT2D eigenvalue weighted by Crippen LogP contribution is 2.21. The van der Waals surface area contributed by atoms with E-state index in [1.54, 1.807) is 6.33 Å². The Kier molecular flexibility index (Phi) is 6.49. The van der Waals surface area contributed by atoms with Gasteiger partial charge in [0, 0.05) is 42.1 Å². The first kappa shape index (κ1) is 19.0. The molecule has 2 N–H and O–H groups in total. The number of nitrogens with one attached hydrogen (secondary N) is 2. The molecule has 0 saturated heterocycles. The van der Waals surface area contributed by atoms with Crippen molar-refractivity contribution in [3.05, 3.63) is 71.5 Å². The normalized spacial score (nSPS) is 10.5. The molecule has 0 saturated carbocycles. The lowest BCUT2D eigenvalue weighted by Gasteiger charge is -2.21. The molecular formula is C21H24ClN5. The highest BCUT2D eigenvalue weighted by molar-refractivity contribution is 6.30. The second-order valence-corrected chi connectivity index (χ2v) is 6.55. The quantitative estimate of drug-likeness (QED) is 0.552. The lowest BCUT2D eigenvalue weighted by Crippen LogP contribution is -2.21. The lowest BCUT2D eigenvalue weighted by molar-refractivity contribution is 0.866. The van der Waals surface area contributed by atoms with Crippen molar-refractivity contribution in [2.24, 2.45) is 0 Å². The third kappa shape index (κ3) is 5.34. The lowest BCUT2D eigenvalue weighted by atomic mass is 10.2. The molecule has 140 valence electrons. The van der Waals surface area contributed by atoms with E-state index in [1.165, 1.54) is 5.69 Å². The van der Waals surface area contributed by atoms with E-state index in [0.717, 1.165) is 41.0 Å². The summed E-state index contributed by atoms with van der Waals surface area (Å²) in [6.07, 6.45) is 1.55. The Bertz CT molecular complexity index is 845. The van der Waals surface area contributed by atoms with Crippen LogP contribution in [0.5, 0.6) is 0 Å². The van der Waals surface area contributed by atoms with E-state index in [2.05, 4.69) is 63.6 Å². The standard InChI is InChI=1S/C21H24ClN5/c1-3-27(4-2)19-11-9-18(10-12-19)26-21-13-20(24-15-25-21)23-14-16-5-7-17(22)8-6-16/h5-13,15H,3-4,14H2,1-2H3,(H2,23,24,25,26). The molecule has 27 heavy (non-hydrogen) atoms. The fourth-order valence-electron chi connectivity index (χ4n) is 2.81. The number of hydrogen-bond acceptors (Lipinski definition) is 5. The molecular weight excluding hydrogens is 358 g/mol. The van der Waals surface area contributed by atoms with Gasteiger partial charge in [-0.3, -0.25) is 0 Å². The van der Waals surface area contributed by atoms with Crippen molar-refractivity contribution in [1.82, 2.24) is 9.97 Å². The highest BCUT2D eigenvalue weighted by atomic mass is 35.5. The minimum Gasteiger partial charge on any atom is -0.372 e. The third-order valence-corrected chi connectivity index (χ3v) is 4.57. The molecule has 3 rings (SSSR count). The van der Waals surface area contributed by atoms with E-state index in [-0.39, 0.29) is 0 Å². The average molecular weight is 382 g/mol. The van der Waals surface area contributed by atoms with Crippen LogP contribution in [0.1, 0.15) is 19.4 Å². The van der Waals surface area contributed by atoms with Crippen LogP contribution in [0.2, 0.25) is 5.02 Å². The molecule has 5 nitrogen and oxygen atoms in total. The molecule has 0 radical (unpaired) electrons. The fraction of sp³-hybridized carbons (Fsp3) is 0.238. The molecule has 0 atom stereocenters. The number of anilines is 4. The number of benzene rings is 2. The smallest absolute Gasteiger partial charge is 0.135 e. The molecule has 3 aromatic rings. The predicted molar refractivity (Wildman–Crippen MR) is 114 cm³/mol. The first-order chi connectivity index (χ1) is 13.2. The zero-order valence-corrected chi connectivity index (χ0v) is 16.4. The van der Waals surface area contributed by atoms with Crippen molar-refractivity contribution in [3.8, 4) is 0 Å². The fourth-order valence-corrected chi connectivity index (χ4v) is 2.94. The van der Waals surface area contributed by atoms with Crippen molar-refractivity contribution < 1.29 is 0 Å². The highest BCUT2D eigenvalue weighted by Gasteiger charge is 2.03. The minimum absolute atomic E-state index is 0.673. The maximum Gasteiger partial charge on any atom is 0.135 e. The Morgan fingerprint density at radius 3 is 2.22 bits per heavy atom. The Labute approximate surface area is 165 Å². The Hall–Kier alpha value is -2.79. The van der Waals surface area contributed by atoms with Gasteiger partial charge in [-0.1, -0.05) is 23.7 Å². The van der Waals surface area contributed by atoms with Crippen LogP contribution in [-0.2, 0) is 6.54 Å². The van der Waals surface area contributed by atoms with Gasteiger partial charge in [-0.25, -0.2) is 9.97 Å². The number of halogens is 1. The Morgan fingerprint density at radius 1 is 0.889 bits per heavy atom. The largest absolute Gasteiger partial charge is 0.372 e. The molecule has 1 heterocycles. The van der Waals surface area contributed by atoms with Gasteiger partial charge in [0.2, 0.25) is 0 Å². The van der Waals surface area contributed by atoms with Crippen molar-refractivity contribution in [2.45, 2.75) is 20.4 Å². The summed E-state index contributed by atoms with van der Waals surface area (Å²) in [5.41, 5.74) is 3.35. The van der Waals surface area contributed by atoms with Crippen LogP contribution >= 0.6 is 11.6 Å². The Morgan fingerprint density at radius 2 is 1.56 bits per heavy atom. The van der Waals surface area contributed by atoms with E-state index in [0.29, 0.717) is 6.54 Å². The van der Waals surface area contributed by atoms with Gasteiger partial charge >= 0.3 is 0 Å². The monoisotopic (exact) mass is 381 g/mol. The van der Waals surface area contributed by atoms with Gasteiger partial charge in [0.15, 0.2) is 0 Å². The maximum atomic E-state index is 5.92.